The number of aromatic nitrogens is 2. The molecule has 1 heterocycles. The molecule has 1 aliphatic rings. The van der Waals surface area contributed by atoms with Crippen LogP contribution in [0, 0.1) is 19.7 Å². The first kappa shape index (κ1) is 12.1. The number of aryl methyl sites for hydroxylation is 2. The summed E-state index contributed by atoms with van der Waals surface area (Å²) in [6, 6.07) is 7.08. The lowest BCUT2D eigenvalue weighted by Crippen LogP contribution is -2.08. The lowest BCUT2D eigenvalue weighted by Gasteiger charge is -2.06. The van der Waals surface area contributed by atoms with Crippen LogP contribution in [0.2, 0.25) is 0 Å². The normalized spacial score (nSPS) is 21.2. The third-order valence-corrected chi connectivity index (χ3v) is 3.63. The molecule has 0 saturated heterocycles. The predicted molar refractivity (Wildman–Crippen MR) is 72.7 cm³/mol. The highest BCUT2D eigenvalue weighted by atomic mass is 19.1. The van der Waals surface area contributed by atoms with E-state index in [1.807, 2.05) is 32.2 Å². The molecular weight excluding hydrogens is 241 g/mol. The van der Waals surface area contributed by atoms with Crippen molar-refractivity contribution in [1.82, 2.24) is 9.97 Å². The Balaban J connectivity index is 1.67. The molecule has 1 fully saturated rings. The minimum atomic E-state index is -0.189. The van der Waals surface area contributed by atoms with E-state index in [0.29, 0.717) is 17.9 Å². The second kappa shape index (κ2) is 4.61. The van der Waals surface area contributed by atoms with Gasteiger partial charge in [-0.1, -0.05) is 12.1 Å². The van der Waals surface area contributed by atoms with Crippen molar-refractivity contribution in [3.05, 3.63) is 53.1 Å². The molecule has 98 valence electrons. The summed E-state index contributed by atoms with van der Waals surface area (Å²) in [5.41, 5.74) is 3.26. The van der Waals surface area contributed by atoms with Crippen LogP contribution in [0.15, 0.2) is 30.5 Å². The van der Waals surface area contributed by atoms with Gasteiger partial charge in [-0.3, -0.25) is 0 Å². The van der Waals surface area contributed by atoms with Crippen LogP contribution in [0.25, 0.3) is 0 Å². The van der Waals surface area contributed by atoms with E-state index in [-0.39, 0.29) is 5.82 Å². The predicted octanol–water partition coefficient (Wildman–Crippen LogP) is 3.20. The van der Waals surface area contributed by atoms with E-state index in [0.717, 1.165) is 17.7 Å². The van der Waals surface area contributed by atoms with E-state index in [9.17, 15) is 4.39 Å². The van der Waals surface area contributed by atoms with Crippen LogP contribution in [0.5, 0.6) is 0 Å². The van der Waals surface area contributed by atoms with Gasteiger partial charge in [-0.25, -0.2) is 14.4 Å². The van der Waals surface area contributed by atoms with Crippen molar-refractivity contribution in [2.75, 3.05) is 5.32 Å². The number of anilines is 1. The van der Waals surface area contributed by atoms with Gasteiger partial charge >= 0.3 is 0 Å². The molecule has 0 unspecified atom stereocenters. The number of benzene rings is 1. The lowest BCUT2D eigenvalue weighted by atomic mass is 10.1. The van der Waals surface area contributed by atoms with Gasteiger partial charge in [0.25, 0.3) is 0 Å². The van der Waals surface area contributed by atoms with E-state index in [4.69, 9.17) is 0 Å². The Morgan fingerprint density at radius 3 is 2.63 bits per heavy atom. The second-order valence-corrected chi connectivity index (χ2v) is 5.11. The van der Waals surface area contributed by atoms with Gasteiger partial charge in [-0.2, -0.15) is 0 Å². The van der Waals surface area contributed by atoms with Crippen molar-refractivity contribution in [3.63, 3.8) is 0 Å². The average Bonchev–Trinajstić information content (AvgIpc) is 3.14. The van der Waals surface area contributed by atoms with Crippen LogP contribution >= 0.6 is 0 Å². The highest BCUT2D eigenvalue weighted by molar-refractivity contribution is 5.38. The van der Waals surface area contributed by atoms with Gasteiger partial charge in [0.15, 0.2) is 0 Å². The Bertz CT molecular complexity index is 595. The molecule has 19 heavy (non-hydrogen) atoms. The largest absolute Gasteiger partial charge is 0.351 e. The summed E-state index contributed by atoms with van der Waals surface area (Å²) < 4.78 is 12.9. The topological polar surface area (TPSA) is 37.8 Å². The molecule has 1 saturated carbocycles. The minimum absolute atomic E-state index is 0.189. The molecule has 0 amide bonds. The lowest BCUT2D eigenvalue weighted by molar-refractivity contribution is 0.627. The maximum Gasteiger partial charge on any atom is 0.223 e. The summed E-state index contributed by atoms with van der Waals surface area (Å²) in [7, 11) is 0. The van der Waals surface area contributed by atoms with Gasteiger partial charge in [-0.05, 0) is 43.5 Å². The van der Waals surface area contributed by atoms with Crippen molar-refractivity contribution in [2.24, 2.45) is 0 Å². The molecule has 1 aromatic carbocycles. The number of hydrogen-bond donors (Lipinski definition) is 1. The Morgan fingerprint density at radius 1 is 1.21 bits per heavy atom. The molecule has 0 bridgehead atoms. The van der Waals surface area contributed by atoms with Crippen LogP contribution in [0.1, 0.15) is 29.2 Å². The highest BCUT2D eigenvalue weighted by Crippen LogP contribution is 2.42. The zero-order chi connectivity index (χ0) is 13.4. The summed E-state index contributed by atoms with van der Waals surface area (Å²) in [6.45, 7) is 3.98. The molecule has 3 rings (SSSR count). The Labute approximate surface area is 111 Å². The van der Waals surface area contributed by atoms with E-state index in [2.05, 4.69) is 15.3 Å². The van der Waals surface area contributed by atoms with Gasteiger partial charge in [0, 0.05) is 23.9 Å². The zero-order valence-electron chi connectivity index (χ0n) is 11.0. The number of nitrogens with one attached hydrogen (secondary N) is 1. The first-order valence-corrected chi connectivity index (χ1v) is 6.46. The van der Waals surface area contributed by atoms with Gasteiger partial charge in [0.05, 0.1) is 0 Å². The second-order valence-electron chi connectivity index (χ2n) is 5.11. The average molecular weight is 257 g/mol. The fraction of sp³-hybridized carbons (Fsp3) is 0.333. The van der Waals surface area contributed by atoms with Crippen molar-refractivity contribution in [3.8, 4) is 0 Å². The minimum Gasteiger partial charge on any atom is -0.351 e. The van der Waals surface area contributed by atoms with E-state index >= 15 is 0 Å². The van der Waals surface area contributed by atoms with Crippen LogP contribution in [-0.2, 0) is 0 Å². The molecule has 2 aromatic rings. The molecule has 0 radical (unpaired) electrons. The monoisotopic (exact) mass is 257 g/mol. The maximum atomic E-state index is 12.9. The van der Waals surface area contributed by atoms with Gasteiger partial charge in [-0.15, -0.1) is 0 Å². The van der Waals surface area contributed by atoms with Crippen molar-refractivity contribution < 1.29 is 4.39 Å². The highest BCUT2D eigenvalue weighted by Gasteiger charge is 2.38. The molecule has 4 heteroatoms. The van der Waals surface area contributed by atoms with Crippen LogP contribution in [0.4, 0.5) is 10.3 Å². The maximum absolute atomic E-state index is 12.9. The summed E-state index contributed by atoms with van der Waals surface area (Å²) in [6.07, 6.45) is 2.88. The molecule has 3 nitrogen and oxygen atoms in total. The number of nitrogens with zero attached hydrogens (tertiary/aromatic N) is 2. The SMILES string of the molecule is Cc1cnc(N[C@@H]2C[C@H]2c2ccc(F)cc2)nc1C. The number of rotatable bonds is 3. The summed E-state index contributed by atoms with van der Waals surface area (Å²) in [4.78, 5) is 8.69. The third kappa shape index (κ3) is 2.57. The van der Waals surface area contributed by atoms with E-state index in [1.165, 1.54) is 17.7 Å². The van der Waals surface area contributed by atoms with Crippen LogP contribution in [0.3, 0.4) is 0 Å². The van der Waals surface area contributed by atoms with Crippen molar-refractivity contribution in [1.29, 1.82) is 0 Å². The molecule has 2 atom stereocenters. The number of hydrogen-bond acceptors (Lipinski definition) is 3. The van der Waals surface area contributed by atoms with E-state index < -0.39 is 0 Å². The fourth-order valence-corrected chi connectivity index (χ4v) is 2.20. The van der Waals surface area contributed by atoms with Crippen molar-refractivity contribution in [2.45, 2.75) is 32.2 Å². The zero-order valence-corrected chi connectivity index (χ0v) is 11.0. The molecule has 1 aromatic heterocycles. The van der Waals surface area contributed by atoms with E-state index in [1.54, 1.807) is 0 Å². The molecule has 1 aliphatic carbocycles. The van der Waals surface area contributed by atoms with Gasteiger partial charge in [0.2, 0.25) is 5.95 Å². The Kier molecular flexibility index (Phi) is 2.93. The molecule has 1 N–H and O–H groups in total. The standard InChI is InChI=1S/C15H16FN3/c1-9-8-17-15(18-10(9)2)19-14-7-13(14)11-3-5-12(16)6-4-11/h3-6,8,13-14H,7H2,1-2H3,(H,17,18,19)/t13-,14+/m0/s1. The molecular formula is C15H16FN3. The third-order valence-electron chi connectivity index (χ3n) is 3.63. The first-order chi connectivity index (χ1) is 9.13. The van der Waals surface area contributed by atoms with Gasteiger partial charge in [0.1, 0.15) is 5.82 Å². The molecule has 0 aliphatic heterocycles. The summed E-state index contributed by atoms with van der Waals surface area (Å²) in [5, 5.41) is 3.33. The quantitative estimate of drug-likeness (QED) is 0.917. The smallest absolute Gasteiger partial charge is 0.223 e. The summed E-state index contributed by atoms with van der Waals surface area (Å²) in [5.74, 6) is 0.926. The number of halogens is 1. The first-order valence-electron chi connectivity index (χ1n) is 6.46. The summed E-state index contributed by atoms with van der Waals surface area (Å²) >= 11 is 0. The Hall–Kier alpha value is -1.97. The van der Waals surface area contributed by atoms with Crippen LogP contribution in [-0.4, -0.2) is 16.0 Å². The van der Waals surface area contributed by atoms with Crippen molar-refractivity contribution >= 4 is 5.95 Å². The molecule has 0 spiro atoms. The fourth-order valence-electron chi connectivity index (χ4n) is 2.20. The Morgan fingerprint density at radius 2 is 1.95 bits per heavy atom. The van der Waals surface area contributed by atoms with Gasteiger partial charge < -0.3 is 5.32 Å². The van der Waals surface area contributed by atoms with Crippen LogP contribution < -0.4 is 5.32 Å².